The lowest BCUT2D eigenvalue weighted by molar-refractivity contribution is -0.122. The SMILES string of the molecule is C=CCOc1ccc(/C=C2\C(=O)NC(=S)N(c3ccccc3F)C2=O)cc1. The van der Waals surface area contributed by atoms with E-state index in [1.807, 2.05) is 0 Å². The van der Waals surface area contributed by atoms with Crippen molar-refractivity contribution in [2.75, 3.05) is 11.5 Å². The van der Waals surface area contributed by atoms with Crippen molar-refractivity contribution in [2.24, 2.45) is 0 Å². The third-order valence-corrected chi connectivity index (χ3v) is 4.04. The molecule has 0 spiro atoms. The van der Waals surface area contributed by atoms with Crippen molar-refractivity contribution in [3.8, 4) is 5.75 Å². The summed E-state index contributed by atoms with van der Waals surface area (Å²) >= 11 is 5.05. The van der Waals surface area contributed by atoms with Gasteiger partial charge in [0.25, 0.3) is 11.8 Å². The number of hydrogen-bond acceptors (Lipinski definition) is 4. The lowest BCUT2D eigenvalue weighted by atomic mass is 10.1. The van der Waals surface area contributed by atoms with Crippen LogP contribution in [-0.4, -0.2) is 23.5 Å². The summed E-state index contributed by atoms with van der Waals surface area (Å²) in [5.41, 5.74) is 0.443. The summed E-state index contributed by atoms with van der Waals surface area (Å²) in [6.07, 6.45) is 3.05. The molecule has 27 heavy (non-hydrogen) atoms. The molecule has 7 heteroatoms. The third-order valence-electron chi connectivity index (χ3n) is 3.75. The van der Waals surface area contributed by atoms with Crippen LogP contribution >= 0.6 is 12.2 Å². The quantitative estimate of drug-likeness (QED) is 0.373. The van der Waals surface area contributed by atoms with Gasteiger partial charge in [-0.2, -0.15) is 0 Å². The molecule has 0 radical (unpaired) electrons. The zero-order valence-corrected chi connectivity index (χ0v) is 15.0. The van der Waals surface area contributed by atoms with Gasteiger partial charge in [-0.1, -0.05) is 36.9 Å². The summed E-state index contributed by atoms with van der Waals surface area (Å²) in [5.74, 6) is -1.32. The lowest BCUT2D eigenvalue weighted by Crippen LogP contribution is -2.54. The first-order chi connectivity index (χ1) is 13.0. The molecular weight excluding hydrogens is 367 g/mol. The maximum absolute atomic E-state index is 14.1. The van der Waals surface area contributed by atoms with Crippen molar-refractivity contribution in [3.63, 3.8) is 0 Å². The Labute approximate surface area is 160 Å². The Morgan fingerprint density at radius 2 is 1.85 bits per heavy atom. The standard InChI is InChI=1S/C20H15FN2O3S/c1-2-11-26-14-9-7-13(8-10-14)12-15-18(24)22-20(27)23(19(15)25)17-6-4-3-5-16(17)21/h2-10,12H,1,11H2,(H,22,24,27)/b15-12+. The molecule has 1 aliphatic rings. The van der Waals surface area contributed by atoms with Crippen LogP contribution in [-0.2, 0) is 9.59 Å². The molecule has 1 aliphatic heterocycles. The second-order valence-corrected chi connectivity index (χ2v) is 5.96. The normalized spacial score (nSPS) is 15.7. The predicted molar refractivity (Wildman–Crippen MR) is 105 cm³/mol. The van der Waals surface area contributed by atoms with Gasteiger partial charge in [0.15, 0.2) is 5.11 Å². The molecule has 2 aromatic rings. The second kappa shape index (κ2) is 7.92. The highest BCUT2D eigenvalue weighted by Crippen LogP contribution is 2.25. The van der Waals surface area contributed by atoms with Crippen molar-refractivity contribution < 1.29 is 18.7 Å². The summed E-state index contributed by atoms with van der Waals surface area (Å²) in [4.78, 5) is 26.0. The van der Waals surface area contributed by atoms with E-state index in [0.29, 0.717) is 17.9 Å². The number of nitrogens with zero attached hydrogens (tertiary/aromatic N) is 1. The molecule has 136 valence electrons. The van der Waals surface area contributed by atoms with Gasteiger partial charge in [-0.15, -0.1) is 0 Å². The molecule has 2 amide bonds. The maximum atomic E-state index is 14.1. The Balaban J connectivity index is 1.92. The largest absolute Gasteiger partial charge is 0.490 e. The number of hydrogen-bond donors (Lipinski definition) is 1. The van der Waals surface area contributed by atoms with Crippen LogP contribution in [0.1, 0.15) is 5.56 Å². The van der Waals surface area contributed by atoms with E-state index in [4.69, 9.17) is 17.0 Å². The molecule has 0 aliphatic carbocycles. The molecule has 1 saturated heterocycles. The first kappa shape index (κ1) is 18.5. The summed E-state index contributed by atoms with van der Waals surface area (Å²) in [5, 5.41) is 2.26. The smallest absolute Gasteiger partial charge is 0.270 e. The summed E-state index contributed by atoms with van der Waals surface area (Å²) in [6, 6.07) is 12.5. The monoisotopic (exact) mass is 382 g/mol. The fraction of sp³-hybridized carbons (Fsp3) is 0.0500. The zero-order chi connectivity index (χ0) is 19.4. The van der Waals surface area contributed by atoms with Crippen LogP contribution in [0.3, 0.4) is 0 Å². The molecule has 0 aromatic heterocycles. The van der Waals surface area contributed by atoms with E-state index in [1.54, 1.807) is 36.4 Å². The van der Waals surface area contributed by atoms with E-state index in [2.05, 4.69) is 11.9 Å². The summed E-state index contributed by atoms with van der Waals surface area (Å²) < 4.78 is 19.5. The number of para-hydroxylation sites is 1. The van der Waals surface area contributed by atoms with Crippen molar-refractivity contribution in [1.82, 2.24) is 5.32 Å². The minimum absolute atomic E-state index is 0.0217. The fourth-order valence-electron chi connectivity index (χ4n) is 2.49. The van der Waals surface area contributed by atoms with Gasteiger partial charge in [0.05, 0.1) is 5.69 Å². The Morgan fingerprint density at radius 3 is 2.52 bits per heavy atom. The minimum Gasteiger partial charge on any atom is -0.490 e. The Kier molecular flexibility index (Phi) is 5.42. The van der Waals surface area contributed by atoms with Gasteiger partial charge < -0.3 is 4.74 Å². The van der Waals surface area contributed by atoms with Crippen LogP contribution in [0, 0.1) is 5.82 Å². The van der Waals surface area contributed by atoms with Crippen molar-refractivity contribution in [1.29, 1.82) is 0 Å². The van der Waals surface area contributed by atoms with Gasteiger partial charge in [-0.25, -0.2) is 9.29 Å². The van der Waals surface area contributed by atoms with Crippen LogP contribution in [0.4, 0.5) is 10.1 Å². The Hall–Kier alpha value is -3.32. The van der Waals surface area contributed by atoms with E-state index in [0.717, 1.165) is 4.90 Å². The fourth-order valence-corrected chi connectivity index (χ4v) is 2.77. The Morgan fingerprint density at radius 1 is 1.15 bits per heavy atom. The molecule has 1 N–H and O–H groups in total. The predicted octanol–water partition coefficient (Wildman–Crippen LogP) is 3.22. The molecule has 0 atom stereocenters. The lowest BCUT2D eigenvalue weighted by Gasteiger charge is -2.29. The number of halogens is 1. The highest BCUT2D eigenvalue weighted by Gasteiger charge is 2.35. The molecule has 3 rings (SSSR count). The second-order valence-electron chi connectivity index (χ2n) is 5.58. The number of ether oxygens (including phenoxy) is 1. The average Bonchev–Trinajstić information content (AvgIpc) is 2.66. The molecule has 5 nitrogen and oxygen atoms in total. The van der Waals surface area contributed by atoms with Crippen LogP contribution in [0.25, 0.3) is 6.08 Å². The van der Waals surface area contributed by atoms with E-state index < -0.39 is 17.6 Å². The number of benzene rings is 2. The average molecular weight is 382 g/mol. The number of rotatable bonds is 5. The molecule has 0 unspecified atom stereocenters. The van der Waals surface area contributed by atoms with E-state index in [1.165, 1.54) is 24.3 Å². The van der Waals surface area contributed by atoms with Crippen LogP contribution < -0.4 is 15.0 Å². The first-order valence-electron chi connectivity index (χ1n) is 8.01. The third kappa shape index (κ3) is 3.93. The number of nitrogens with one attached hydrogen (secondary N) is 1. The summed E-state index contributed by atoms with van der Waals surface area (Å²) in [7, 11) is 0. The van der Waals surface area contributed by atoms with Crippen LogP contribution in [0.2, 0.25) is 0 Å². The number of carbonyl (C=O) groups excluding carboxylic acids is 2. The van der Waals surface area contributed by atoms with Gasteiger partial charge in [-0.05, 0) is 48.1 Å². The van der Waals surface area contributed by atoms with E-state index in [9.17, 15) is 14.0 Å². The maximum Gasteiger partial charge on any atom is 0.270 e. The number of amides is 2. The highest BCUT2D eigenvalue weighted by atomic mass is 32.1. The molecule has 1 fully saturated rings. The van der Waals surface area contributed by atoms with Gasteiger partial charge in [-0.3, -0.25) is 14.9 Å². The minimum atomic E-state index is -0.694. The molecule has 2 aromatic carbocycles. The highest BCUT2D eigenvalue weighted by molar-refractivity contribution is 7.80. The molecule has 0 saturated carbocycles. The van der Waals surface area contributed by atoms with E-state index in [-0.39, 0.29) is 16.4 Å². The van der Waals surface area contributed by atoms with Gasteiger partial charge in [0.1, 0.15) is 23.7 Å². The van der Waals surface area contributed by atoms with E-state index >= 15 is 0 Å². The van der Waals surface area contributed by atoms with Crippen LogP contribution in [0.15, 0.2) is 66.8 Å². The zero-order valence-electron chi connectivity index (χ0n) is 14.1. The van der Waals surface area contributed by atoms with Crippen molar-refractivity contribution in [3.05, 3.63) is 78.1 Å². The van der Waals surface area contributed by atoms with Crippen molar-refractivity contribution >= 4 is 40.9 Å². The Bertz CT molecular complexity index is 954. The van der Waals surface area contributed by atoms with Gasteiger partial charge in [0.2, 0.25) is 0 Å². The number of carbonyl (C=O) groups is 2. The van der Waals surface area contributed by atoms with Gasteiger partial charge in [0, 0.05) is 0 Å². The number of thiocarbonyl (C=S) groups is 1. The number of anilines is 1. The molecule has 0 bridgehead atoms. The van der Waals surface area contributed by atoms with Crippen LogP contribution in [0.5, 0.6) is 5.75 Å². The first-order valence-corrected chi connectivity index (χ1v) is 8.42. The van der Waals surface area contributed by atoms with Crippen molar-refractivity contribution in [2.45, 2.75) is 0 Å². The van der Waals surface area contributed by atoms with Gasteiger partial charge >= 0.3 is 0 Å². The summed E-state index contributed by atoms with van der Waals surface area (Å²) in [6.45, 7) is 3.94. The molecular formula is C20H15FN2O3S. The topological polar surface area (TPSA) is 58.6 Å². The molecule has 1 heterocycles.